The standard InChI is InChI=1S/C15H24N2O2/c1-5-17(15(18)9-16)10-12-6-7-14(19-4)13(8-12)11(2)3/h6-8,11H,5,9-10,16H2,1-4H3. The number of hydrogen-bond donors (Lipinski definition) is 1. The predicted molar refractivity (Wildman–Crippen MR) is 77.2 cm³/mol. The lowest BCUT2D eigenvalue weighted by atomic mass is 9.99. The Bertz CT molecular complexity index is 430. The monoisotopic (exact) mass is 264 g/mol. The molecule has 0 aliphatic heterocycles. The molecule has 106 valence electrons. The Hall–Kier alpha value is -1.55. The van der Waals surface area contributed by atoms with Gasteiger partial charge in [0, 0.05) is 13.1 Å². The van der Waals surface area contributed by atoms with Crippen LogP contribution in [0.4, 0.5) is 0 Å². The highest BCUT2D eigenvalue weighted by molar-refractivity contribution is 5.78. The SMILES string of the molecule is CCN(Cc1ccc(OC)c(C(C)C)c1)C(=O)CN. The molecule has 0 unspecified atom stereocenters. The van der Waals surface area contributed by atoms with E-state index < -0.39 is 0 Å². The second kappa shape index (κ2) is 7.14. The Balaban J connectivity index is 2.95. The normalized spacial score (nSPS) is 10.6. The zero-order chi connectivity index (χ0) is 14.4. The van der Waals surface area contributed by atoms with E-state index in [9.17, 15) is 4.79 Å². The van der Waals surface area contributed by atoms with Gasteiger partial charge in [0.25, 0.3) is 0 Å². The lowest BCUT2D eigenvalue weighted by Crippen LogP contribution is -2.35. The summed E-state index contributed by atoms with van der Waals surface area (Å²) in [6.07, 6.45) is 0. The van der Waals surface area contributed by atoms with Gasteiger partial charge in [-0.25, -0.2) is 0 Å². The fraction of sp³-hybridized carbons (Fsp3) is 0.533. The molecule has 1 aromatic carbocycles. The summed E-state index contributed by atoms with van der Waals surface area (Å²) in [6, 6.07) is 6.07. The van der Waals surface area contributed by atoms with Crippen LogP contribution in [0.3, 0.4) is 0 Å². The molecule has 0 fully saturated rings. The Morgan fingerprint density at radius 1 is 1.42 bits per heavy atom. The molecule has 0 radical (unpaired) electrons. The van der Waals surface area contributed by atoms with Crippen LogP contribution in [0.25, 0.3) is 0 Å². The van der Waals surface area contributed by atoms with Gasteiger partial charge in [-0.15, -0.1) is 0 Å². The maximum atomic E-state index is 11.7. The molecule has 0 spiro atoms. The highest BCUT2D eigenvalue weighted by Crippen LogP contribution is 2.27. The molecular formula is C15H24N2O2. The van der Waals surface area contributed by atoms with Crippen molar-refractivity contribution < 1.29 is 9.53 Å². The fourth-order valence-corrected chi connectivity index (χ4v) is 2.06. The molecule has 0 saturated carbocycles. The van der Waals surface area contributed by atoms with Crippen LogP contribution in [0.5, 0.6) is 5.75 Å². The molecule has 1 aromatic rings. The fourth-order valence-electron chi connectivity index (χ4n) is 2.06. The second-order valence-corrected chi connectivity index (χ2v) is 4.84. The van der Waals surface area contributed by atoms with E-state index in [1.807, 2.05) is 19.1 Å². The lowest BCUT2D eigenvalue weighted by molar-refractivity contribution is -0.130. The van der Waals surface area contributed by atoms with Crippen molar-refractivity contribution in [2.75, 3.05) is 20.2 Å². The number of methoxy groups -OCH3 is 1. The highest BCUT2D eigenvalue weighted by Gasteiger charge is 2.13. The first-order valence-corrected chi connectivity index (χ1v) is 6.68. The van der Waals surface area contributed by atoms with Crippen LogP contribution in [-0.4, -0.2) is 31.0 Å². The lowest BCUT2D eigenvalue weighted by Gasteiger charge is -2.21. The number of carbonyl (C=O) groups excluding carboxylic acids is 1. The largest absolute Gasteiger partial charge is 0.496 e. The predicted octanol–water partition coefficient (Wildman–Crippen LogP) is 2.13. The quantitative estimate of drug-likeness (QED) is 0.856. The zero-order valence-corrected chi connectivity index (χ0v) is 12.3. The molecule has 4 heteroatoms. The number of likely N-dealkylation sites (N-methyl/N-ethyl adjacent to an activating group) is 1. The topological polar surface area (TPSA) is 55.6 Å². The van der Waals surface area contributed by atoms with Crippen molar-refractivity contribution in [2.24, 2.45) is 5.73 Å². The third-order valence-electron chi connectivity index (χ3n) is 3.20. The molecule has 0 aromatic heterocycles. The molecule has 1 amide bonds. The first-order chi connectivity index (χ1) is 9.03. The van der Waals surface area contributed by atoms with Gasteiger partial charge in [0.2, 0.25) is 5.91 Å². The van der Waals surface area contributed by atoms with Crippen molar-refractivity contribution in [3.8, 4) is 5.75 Å². The highest BCUT2D eigenvalue weighted by atomic mass is 16.5. The first kappa shape index (κ1) is 15.5. The summed E-state index contributed by atoms with van der Waals surface area (Å²) in [4.78, 5) is 13.4. The van der Waals surface area contributed by atoms with Crippen molar-refractivity contribution in [3.63, 3.8) is 0 Å². The first-order valence-electron chi connectivity index (χ1n) is 6.68. The average Bonchev–Trinajstić information content (AvgIpc) is 2.43. The summed E-state index contributed by atoms with van der Waals surface area (Å²) >= 11 is 0. The van der Waals surface area contributed by atoms with E-state index in [1.165, 1.54) is 0 Å². The number of rotatable bonds is 6. The van der Waals surface area contributed by atoms with Crippen molar-refractivity contribution in [3.05, 3.63) is 29.3 Å². The number of benzene rings is 1. The number of nitrogens with zero attached hydrogens (tertiary/aromatic N) is 1. The van der Waals surface area contributed by atoms with Gasteiger partial charge >= 0.3 is 0 Å². The smallest absolute Gasteiger partial charge is 0.236 e. The van der Waals surface area contributed by atoms with Crippen LogP contribution < -0.4 is 10.5 Å². The average molecular weight is 264 g/mol. The summed E-state index contributed by atoms with van der Waals surface area (Å²) < 4.78 is 5.36. The molecule has 0 bridgehead atoms. The minimum atomic E-state index is -0.0237. The third-order valence-corrected chi connectivity index (χ3v) is 3.20. The molecule has 0 atom stereocenters. The molecular weight excluding hydrogens is 240 g/mol. The molecule has 0 aliphatic rings. The Kier molecular flexibility index (Phi) is 5.83. The second-order valence-electron chi connectivity index (χ2n) is 4.84. The van der Waals surface area contributed by atoms with E-state index >= 15 is 0 Å². The van der Waals surface area contributed by atoms with Gasteiger partial charge in [0.1, 0.15) is 5.75 Å². The van der Waals surface area contributed by atoms with E-state index in [0.717, 1.165) is 16.9 Å². The van der Waals surface area contributed by atoms with Gasteiger partial charge in [0.15, 0.2) is 0 Å². The molecule has 0 saturated heterocycles. The van der Waals surface area contributed by atoms with Crippen LogP contribution in [0.15, 0.2) is 18.2 Å². The van der Waals surface area contributed by atoms with E-state index in [1.54, 1.807) is 12.0 Å². The van der Waals surface area contributed by atoms with Crippen molar-refractivity contribution in [1.29, 1.82) is 0 Å². The Labute approximate surface area is 115 Å². The van der Waals surface area contributed by atoms with E-state index in [-0.39, 0.29) is 12.5 Å². The van der Waals surface area contributed by atoms with Gasteiger partial charge in [-0.2, -0.15) is 0 Å². The van der Waals surface area contributed by atoms with Crippen molar-refractivity contribution in [1.82, 2.24) is 4.90 Å². The summed E-state index contributed by atoms with van der Waals surface area (Å²) in [6.45, 7) is 7.53. The summed E-state index contributed by atoms with van der Waals surface area (Å²) in [5.41, 5.74) is 7.68. The number of nitrogens with two attached hydrogens (primary N) is 1. The van der Waals surface area contributed by atoms with Gasteiger partial charge in [-0.05, 0) is 30.0 Å². The van der Waals surface area contributed by atoms with E-state index in [2.05, 4.69) is 19.9 Å². The van der Waals surface area contributed by atoms with Crippen LogP contribution in [-0.2, 0) is 11.3 Å². The van der Waals surface area contributed by atoms with Crippen molar-refractivity contribution >= 4 is 5.91 Å². The molecule has 0 heterocycles. The molecule has 0 aliphatic carbocycles. The maximum absolute atomic E-state index is 11.7. The van der Waals surface area contributed by atoms with Crippen LogP contribution >= 0.6 is 0 Å². The van der Waals surface area contributed by atoms with Crippen molar-refractivity contribution in [2.45, 2.75) is 33.2 Å². The van der Waals surface area contributed by atoms with Gasteiger partial charge in [0.05, 0.1) is 13.7 Å². The number of hydrogen-bond acceptors (Lipinski definition) is 3. The van der Waals surface area contributed by atoms with Crippen LogP contribution in [0, 0.1) is 0 Å². The molecule has 4 nitrogen and oxygen atoms in total. The van der Waals surface area contributed by atoms with Gasteiger partial charge in [-0.3, -0.25) is 4.79 Å². The number of amides is 1. The van der Waals surface area contributed by atoms with E-state index in [0.29, 0.717) is 19.0 Å². The zero-order valence-electron chi connectivity index (χ0n) is 12.3. The number of carbonyl (C=O) groups is 1. The van der Waals surface area contributed by atoms with Crippen LogP contribution in [0.2, 0.25) is 0 Å². The summed E-state index contributed by atoms with van der Waals surface area (Å²) in [5.74, 6) is 1.26. The van der Waals surface area contributed by atoms with Gasteiger partial charge < -0.3 is 15.4 Å². The maximum Gasteiger partial charge on any atom is 0.236 e. The number of ether oxygens (including phenoxy) is 1. The Morgan fingerprint density at radius 2 is 2.11 bits per heavy atom. The van der Waals surface area contributed by atoms with Gasteiger partial charge in [-0.1, -0.05) is 26.0 Å². The van der Waals surface area contributed by atoms with E-state index in [4.69, 9.17) is 10.5 Å². The minimum absolute atomic E-state index is 0.0237. The molecule has 2 N–H and O–H groups in total. The molecule has 19 heavy (non-hydrogen) atoms. The third kappa shape index (κ3) is 3.96. The summed E-state index contributed by atoms with van der Waals surface area (Å²) in [5, 5.41) is 0. The van der Waals surface area contributed by atoms with Crippen LogP contribution in [0.1, 0.15) is 37.8 Å². The Morgan fingerprint density at radius 3 is 2.58 bits per heavy atom. The minimum Gasteiger partial charge on any atom is -0.496 e. The summed E-state index contributed by atoms with van der Waals surface area (Å²) in [7, 11) is 1.68. The molecule has 1 rings (SSSR count).